The number of ether oxygens (including phenoxy) is 3. The summed E-state index contributed by atoms with van der Waals surface area (Å²) in [4.78, 5) is 27.5. The predicted molar refractivity (Wildman–Crippen MR) is 133 cm³/mol. The van der Waals surface area contributed by atoms with Gasteiger partial charge in [0.1, 0.15) is 11.8 Å². The van der Waals surface area contributed by atoms with Crippen LogP contribution in [-0.4, -0.2) is 44.5 Å². The van der Waals surface area contributed by atoms with Crippen molar-refractivity contribution in [1.82, 2.24) is 4.31 Å². The van der Waals surface area contributed by atoms with Crippen LogP contribution in [0.3, 0.4) is 0 Å². The fourth-order valence-electron chi connectivity index (χ4n) is 4.17. The second-order valence-corrected chi connectivity index (χ2v) is 11.0. The first kappa shape index (κ1) is 24.3. The second kappa shape index (κ2) is 9.57. The van der Waals surface area contributed by atoms with Gasteiger partial charge in [0.15, 0.2) is 11.5 Å². The molecule has 1 saturated heterocycles. The lowest BCUT2D eigenvalue weighted by molar-refractivity contribution is -0.122. The third kappa shape index (κ3) is 4.45. The standard InChI is InChI=1S/C25H21BrN2O7S/c1-33-19-7-5-18(6-8-19)28-24(29)13-21(25(28)30)27(36(31,32)20-9-3-17(26)4-10-20)14-16-2-11-22-23(12-16)35-15-34-22/h2-12,21H,13-15H2,1H3. The summed E-state index contributed by atoms with van der Waals surface area (Å²) >= 11 is 3.31. The molecule has 2 amide bonds. The Labute approximate surface area is 216 Å². The van der Waals surface area contributed by atoms with E-state index in [4.69, 9.17) is 14.2 Å². The van der Waals surface area contributed by atoms with Crippen molar-refractivity contribution < 1.29 is 32.2 Å². The number of carbonyl (C=O) groups excluding carboxylic acids is 2. The minimum Gasteiger partial charge on any atom is -0.497 e. The van der Waals surface area contributed by atoms with Crippen molar-refractivity contribution in [2.24, 2.45) is 0 Å². The van der Waals surface area contributed by atoms with Crippen molar-refractivity contribution in [1.29, 1.82) is 0 Å². The van der Waals surface area contributed by atoms with E-state index in [1.165, 1.54) is 19.2 Å². The van der Waals surface area contributed by atoms with Gasteiger partial charge in [-0.05, 0) is 66.2 Å². The van der Waals surface area contributed by atoms with Crippen molar-refractivity contribution in [2.75, 3.05) is 18.8 Å². The van der Waals surface area contributed by atoms with E-state index in [1.54, 1.807) is 54.6 Å². The van der Waals surface area contributed by atoms with Crippen LogP contribution < -0.4 is 19.1 Å². The molecule has 186 valence electrons. The molecule has 1 unspecified atom stereocenters. The zero-order chi connectivity index (χ0) is 25.4. The summed E-state index contributed by atoms with van der Waals surface area (Å²) in [5.74, 6) is 0.501. The van der Waals surface area contributed by atoms with Crippen molar-refractivity contribution in [3.05, 3.63) is 76.8 Å². The third-order valence-electron chi connectivity index (χ3n) is 6.00. The number of halogens is 1. The van der Waals surface area contributed by atoms with Crippen molar-refractivity contribution in [3.63, 3.8) is 0 Å². The van der Waals surface area contributed by atoms with Crippen LogP contribution in [0.2, 0.25) is 0 Å². The number of amides is 2. The topological polar surface area (TPSA) is 102 Å². The molecular formula is C25H21BrN2O7S. The average molecular weight is 573 g/mol. The third-order valence-corrected chi connectivity index (χ3v) is 8.39. The van der Waals surface area contributed by atoms with Crippen LogP contribution in [-0.2, 0) is 26.2 Å². The first-order valence-corrected chi connectivity index (χ1v) is 13.2. The minimum atomic E-state index is -4.17. The summed E-state index contributed by atoms with van der Waals surface area (Å²) in [6.07, 6.45) is -0.287. The number of nitrogens with zero attached hydrogens (tertiary/aromatic N) is 2. The Morgan fingerprint density at radius 3 is 2.39 bits per heavy atom. The van der Waals surface area contributed by atoms with E-state index in [-0.39, 0.29) is 24.7 Å². The van der Waals surface area contributed by atoms with Crippen molar-refractivity contribution in [3.8, 4) is 17.2 Å². The van der Waals surface area contributed by atoms with Crippen LogP contribution in [0.25, 0.3) is 0 Å². The molecule has 0 spiro atoms. The number of benzene rings is 3. The number of imide groups is 1. The highest BCUT2D eigenvalue weighted by Crippen LogP contribution is 2.35. The predicted octanol–water partition coefficient (Wildman–Crippen LogP) is 3.71. The Bertz CT molecular complexity index is 1430. The fraction of sp³-hybridized carbons (Fsp3) is 0.200. The van der Waals surface area contributed by atoms with Crippen LogP contribution in [0.15, 0.2) is 76.1 Å². The number of sulfonamides is 1. The highest BCUT2D eigenvalue weighted by molar-refractivity contribution is 9.10. The van der Waals surface area contributed by atoms with Crippen molar-refractivity contribution in [2.45, 2.75) is 23.9 Å². The Morgan fingerprint density at radius 1 is 1.00 bits per heavy atom. The smallest absolute Gasteiger partial charge is 0.252 e. The lowest BCUT2D eigenvalue weighted by Crippen LogP contribution is -2.45. The van der Waals surface area contributed by atoms with Gasteiger partial charge >= 0.3 is 0 Å². The van der Waals surface area contributed by atoms with Gasteiger partial charge in [0.2, 0.25) is 22.7 Å². The molecule has 11 heteroatoms. The summed E-state index contributed by atoms with van der Waals surface area (Å²) in [6, 6.07) is 16.4. The molecule has 0 saturated carbocycles. The zero-order valence-electron chi connectivity index (χ0n) is 19.1. The molecule has 9 nitrogen and oxygen atoms in total. The van der Waals surface area contributed by atoms with Crippen LogP contribution in [0.5, 0.6) is 17.2 Å². The highest BCUT2D eigenvalue weighted by Gasteiger charge is 2.47. The number of carbonyl (C=O) groups is 2. The number of hydrogen-bond acceptors (Lipinski definition) is 7. The van der Waals surface area contributed by atoms with Gasteiger partial charge in [0.25, 0.3) is 5.91 Å². The highest BCUT2D eigenvalue weighted by atomic mass is 79.9. The van der Waals surface area contributed by atoms with E-state index in [2.05, 4.69) is 15.9 Å². The monoisotopic (exact) mass is 572 g/mol. The summed E-state index contributed by atoms with van der Waals surface area (Å²) in [7, 11) is -2.65. The first-order chi connectivity index (χ1) is 17.3. The van der Waals surface area contributed by atoms with Gasteiger partial charge < -0.3 is 14.2 Å². The van der Waals surface area contributed by atoms with E-state index < -0.39 is 27.9 Å². The molecule has 0 aliphatic carbocycles. The fourth-order valence-corrected chi connectivity index (χ4v) is 6.00. The van der Waals surface area contributed by atoms with E-state index in [0.29, 0.717) is 33.0 Å². The van der Waals surface area contributed by atoms with Crippen molar-refractivity contribution >= 4 is 43.5 Å². The molecule has 2 aliphatic heterocycles. The molecule has 1 fully saturated rings. The molecule has 0 bridgehead atoms. The number of hydrogen-bond donors (Lipinski definition) is 0. The minimum absolute atomic E-state index is 0.00888. The van der Waals surface area contributed by atoms with Gasteiger partial charge in [-0.2, -0.15) is 4.31 Å². The molecular weight excluding hydrogens is 552 g/mol. The summed E-state index contributed by atoms with van der Waals surface area (Å²) in [6.45, 7) is -0.0682. The van der Waals surface area contributed by atoms with Gasteiger partial charge in [-0.15, -0.1) is 0 Å². The Balaban J connectivity index is 1.52. The average Bonchev–Trinajstić information content (AvgIpc) is 3.46. The number of methoxy groups -OCH3 is 1. The Kier molecular flexibility index (Phi) is 6.45. The van der Waals surface area contributed by atoms with Gasteiger partial charge in [0, 0.05) is 11.0 Å². The number of rotatable bonds is 7. The maximum Gasteiger partial charge on any atom is 0.252 e. The summed E-state index contributed by atoms with van der Waals surface area (Å²) < 4.78 is 45.3. The second-order valence-electron chi connectivity index (χ2n) is 8.18. The normalized spacial score (nSPS) is 17.2. The molecule has 0 aromatic heterocycles. The quantitative estimate of drug-likeness (QED) is 0.397. The molecule has 2 aliphatic rings. The Morgan fingerprint density at radius 2 is 1.69 bits per heavy atom. The van der Waals surface area contributed by atoms with Gasteiger partial charge in [0.05, 0.1) is 24.1 Å². The lowest BCUT2D eigenvalue weighted by Gasteiger charge is -2.27. The number of anilines is 1. The molecule has 0 N–H and O–H groups in total. The molecule has 0 radical (unpaired) electrons. The maximum atomic E-state index is 13.8. The number of fused-ring (bicyclic) bond motifs is 1. The van der Waals surface area contributed by atoms with Gasteiger partial charge in [-0.25, -0.2) is 13.3 Å². The lowest BCUT2D eigenvalue weighted by atomic mass is 10.1. The summed E-state index contributed by atoms with van der Waals surface area (Å²) in [5, 5.41) is 0. The maximum absolute atomic E-state index is 13.8. The van der Waals surface area contributed by atoms with Crippen LogP contribution in [0, 0.1) is 0 Å². The molecule has 3 aromatic rings. The van der Waals surface area contributed by atoms with Gasteiger partial charge in [-0.3, -0.25) is 9.59 Å². The largest absolute Gasteiger partial charge is 0.497 e. The van der Waals surface area contributed by atoms with Crippen LogP contribution >= 0.6 is 15.9 Å². The molecule has 3 aromatic carbocycles. The summed E-state index contributed by atoms with van der Waals surface area (Å²) in [5.41, 5.74) is 0.931. The molecule has 1 atom stereocenters. The SMILES string of the molecule is COc1ccc(N2C(=O)CC(N(Cc3ccc4c(c3)OCO4)S(=O)(=O)c3ccc(Br)cc3)C2=O)cc1. The van der Waals surface area contributed by atoms with E-state index in [0.717, 1.165) is 9.21 Å². The molecule has 2 heterocycles. The molecule has 5 rings (SSSR count). The first-order valence-electron chi connectivity index (χ1n) is 10.9. The van der Waals surface area contributed by atoms with E-state index >= 15 is 0 Å². The van der Waals surface area contributed by atoms with Gasteiger partial charge in [-0.1, -0.05) is 22.0 Å². The Hall–Kier alpha value is -3.41. The van der Waals surface area contributed by atoms with Crippen LogP contribution in [0.1, 0.15) is 12.0 Å². The van der Waals surface area contributed by atoms with Crippen LogP contribution in [0.4, 0.5) is 5.69 Å². The van der Waals surface area contributed by atoms with E-state index in [1.807, 2.05) is 0 Å². The van der Waals surface area contributed by atoms with E-state index in [9.17, 15) is 18.0 Å². The zero-order valence-corrected chi connectivity index (χ0v) is 21.5. The molecule has 36 heavy (non-hydrogen) atoms.